The molecule has 1 heterocycles. The Bertz CT molecular complexity index is 922. The minimum Gasteiger partial charge on any atom is -0.410 e. The molecule has 1 amide bonds. The number of anilines is 2. The lowest BCUT2D eigenvalue weighted by Crippen LogP contribution is -2.31. The molecule has 124 valence electrons. The molecule has 4 rings (SSSR count). The van der Waals surface area contributed by atoms with Crippen LogP contribution in [-0.4, -0.2) is 6.09 Å². The Kier molecular flexibility index (Phi) is 3.98. The van der Waals surface area contributed by atoms with Crippen LogP contribution < -0.4 is 9.64 Å². The average molecular weight is 347 g/mol. The van der Waals surface area contributed by atoms with Gasteiger partial charge in [-0.3, -0.25) is 0 Å². The van der Waals surface area contributed by atoms with Gasteiger partial charge in [-0.15, -0.1) is 0 Å². The van der Waals surface area contributed by atoms with Crippen LogP contribution in [0.4, 0.5) is 16.2 Å². The molecular weight excluding hydrogens is 330 g/mol. The molecule has 0 atom stereocenters. The van der Waals surface area contributed by atoms with Gasteiger partial charge in [-0.25, -0.2) is 9.69 Å². The Morgan fingerprint density at radius 3 is 2.04 bits per heavy atom. The van der Waals surface area contributed by atoms with Crippen molar-refractivity contribution in [3.63, 3.8) is 0 Å². The zero-order chi connectivity index (χ0) is 17.4. The molecule has 0 radical (unpaired) electrons. The second-order valence-corrected chi connectivity index (χ2v) is 7.07. The smallest absolute Gasteiger partial charge is 0.410 e. The normalized spacial score (nSPS) is 12.3. The van der Waals surface area contributed by atoms with Crippen molar-refractivity contribution >= 4 is 29.2 Å². The van der Waals surface area contributed by atoms with Crippen molar-refractivity contribution in [1.29, 1.82) is 0 Å². The summed E-state index contributed by atoms with van der Waals surface area (Å²) < 4.78 is 5.68. The zero-order valence-electron chi connectivity index (χ0n) is 14.0. The lowest BCUT2D eigenvalue weighted by atomic mass is 10.1. The third-order valence-electron chi connectivity index (χ3n) is 4.30. The Morgan fingerprint density at radius 2 is 1.44 bits per heavy atom. The van der Waals surface area contributed by atoms with Crippen LogP contribution in [0.3, 0.4) is 0 Å². The Hall–Kier alpha value is -2.72. The van der Waals surface area contributed by atoms with E-state index in [1.807, 2.05) is 80.6 Å². The predicted molar refractivity (Wildman–Crippen MR) is 101 cm³/mol. The summed E-state index contributed by atoms with van der Waals surface area (Å²) >= 11 is 1.66. The summed E-state index contributed by atoms with van der Waals surface area (Å²) in [6.45, 7) is 4.05. The number of rotatable bonds is 1. The molecule has 25 heavy (non-hydrogen) atoms. The number of nitrogens with zero attached hydrogens (tertiary/aromatic N) is 1. The standard InChI is InChI=1S/C21H17NO2S/c1-14-11-12-16(13-15(14)2)24-21(23)22-17-7-3-5-9-19(17)25-20-10-6-4-8-18(20)22/h3-13H,1-2H3. The van der Waals surface area contributed by atoms with Crippen LogP contribution >= 0.6 is 11.8 Å². The molecule has 1 aliphatic heterocycles. The van der Waals surface area contributed by atoms with Crippen LogP contribution in [0, 0.1) is 13.8 Å². The molecule has 0 bridgehead atoms. The van der Waals surface area contributed by atoms with Crippen molar-refractivity contribution in [3.8, 4) is 5.75 Å². The van der Waals surface area contributed by atoms with Crippen molar-refractivity contribution < 1.29 is 9.53 Å². The van der Waals surface area contributed by atoms with Crippen molar-refractivity contribution in [3.05, 3.63) is 77.9 Å². The fourth-order valence-corrected chi connectivity index (χ4v) is 3.88. The lowest BCUT2D eigenvalue weighted by Gasteiger charge is -2.30. The molecule has 3 aromatic rings. The van der Waals surface area contributed by atoms with E-state index in [2.05, 4.69) is 0 Å². The second kappa shape index (κ2) is 6.30. The summed E-state index contributed by atoms with van der Waals surface area (Å²) in [4.78, 5) is 16.7. The van der Waals surface area contributed by atoms with E-state index >= 15 is 0 Å². The fraction of sp³-hybridized carbons (Fsp3) is 0.0952. The van der Waals surface area contributed by atoms with Gasteiger partial charge in [0.2, 0.25) is 0 Å². The van der Waals surface area contributed by atoms with Gasteiger partial charge in [-0.2, -0.15) is 0 Å². The molecule has 0 unspecified atom stereocenters. The summed E-state index contributed by atoms with van der Waals surface area (Å²) in [6.07, 6.45) is -0.400. The molecule has 0 N–H and O–H groups in total. The monoisotopic (exact) mass is 347 g/mol. The van der Waals surface area contributed by atoms with E-state index in [4.69, 9.17) is 4.74 Å². The maximum atomic E-state index is 13.0. The molecule has 0 aliphatic carbocycles. The number of hydrogen-bond acceptors (Lipinski definition) is 3. The first-order chi connectivity index (χ1) is 12.1. The van der Waals surface area contributed by atoms with Gasteiger partial charge in [0.15, 0.2) is 0 Å². The van der Waals surface area contributed by atoms with E-state index in [-0.39, 0.29) is 0 Å². The molecule has 0 saturated carbocycles. The molecular formula is C21H17NO2S. The van der Waals surface area contributed by atoms with E-state index in [1.165, 1.54) is 5.56 Å². The average Bonchev–Trinajstić information content (AvgIpc) is 2.62. The summed E-state index contributed by atoms with van der Waals surface area (Å²) in [6, 6.07) is 21.4. The van der Waals surface area contributed by atoms with Crippen LogP contribution in [0.5, 0.6) is 5.75 Å². The summed E-state index contributed by atoms with van der Waals surface area (Å²) in [5.74, 6) is 0.557. The molecule has 1 aliphatic rings. The number of fused-ring (bicyclic) bond motifs is 2. The Balaban J connectivity index is 1.73. The summed E-state index contributed by atoms with van der Waals surface area (Å²) in [5, 5.41) is 0. The van der Waals surface area contributed by atoms with Crippen molar-refractivity contribution in [2.24, 2.45) is 0 Å². The quantitative estimate of drug-likeness (QED) is 0.532. The third-order valence-corrected chi connectivity index (χ3v) is 5.43. The minimum absolute atomic E-state index is 0.400. The molecule has 0 fully saturated rings. The third kappa shape index (κ3) is 2.89. The van der Waals surface area contributed by atoms with Crippen molar-refractivity contribution in [1.82, 2.24) is 0 Å². The Labute approximate surface area is 151 Å². The number of hydrogen-bond donors (Lipinski definition) is 0. The van der Waals surface area contributed by atoms with Gasteiger partial charge in [0, 0.05) is 9.79 Å². The summed E-state index contributed by atoms with van der Waals surface area (Å²) in [7, 11) is 0. The minimum atomic E-state index is -0.400. The molecule has 3 nitrogen and oxygen atoms in total. The number of ether oxygens (including phenoxy) is 1. The molecule has 0 aromatic heterocycles. The van der Waals surface area contributed by atoms with Gasteiger partial charge in [0.05, 0.1) is 11.4 Å². The van der Waals surface area contributed by atoms with Gasteiger partial charge >= 0.3 is 6.09 Å². The van der Waals surface area contributed by atoms with Crippen molar-refractivity contribution in [2.75, 3.05) is 4.90 Å². The highest BCUT2D eigenvalue weighted by Crippen LogP contribution is 2.48. The largest absolute Gasteiger partial charge is 0.424 e. The number of amides is 1. The van der Waals surface area contributed by atoms with Crippen LogP contribution in [-0.2, 0) is 0 Å². The van der Waals surface area contributed by atoms with Crippen LogP contribution in [0.15, 0.2) is 76.5 Å². The van der Waals surface area contributed by atoms with Gasteiger partial charge in [0.25, 0.3) is 0 Å². The SMILES string of the molecule is Cc1ccc(OC(=O)N2c3ccccc3Sc3ccccc32)cc1C. The molecule has 4 heteroatoms. The highest BCUT2D eigenvalue weighted by molar-refractivity contribution is 7.99. The van der Waals surface area contributed by atoms with E-state index in [0.717, 1.165) is 26.7 Å². The Morgan fingerprint density at radius 1 is 0.840 bits per heavy atom. The predicted octanol–water partition coefficient (Wildman–Crippen LogP) is 6.11. The fourth-order valence-electron chi connectivity index (χ4n) is 2.83. The number of carbonyl (C=O) groups excluding carboxylic acids is 1. The molecule has 0 spiro atoms. The van der Waals surface area contributed by atoms with E-state index in [0.29, 0.717) is 5.75 Å². The first-order valence-corrected chi connectivity index (χ1v) is 8.90. The topological polar surface area (TPSA) is 29.5 Å². The van der Waals surface area contributed by atoms with Gasteiger partial charge in [-0.05, 0) is 61.4 Å². The number of benzene rings is 3. The number of aryl methyl sites for hydroxylation is 2. The lowest BCUT2D eigenvalue weighted by molar-refractivity contribution is 0.210. The number of carbonyl (C=O) groups is 1. The first-order valence-electron chi connectivity index (χ1n) is 8.08. The summed E-state index contributed by atoms with van der Waals surface area (Å²) in [5.41, 5.74) is 3.96. The molecule has 3 aromatic carbocycles. The second-order valence-electron chi connectivity index (χ2n) is 5.99. The first kappa shape index (κ1) is 15.8. The van der Waals surface area contributed by atoms with Gasteiger partial charge in [-0.1, -0.05) is 42.1 Å². The van der Waals surface area contributed by atoms with Crippen molar-refractivity contribution in [2.45, 2.75) is 23.6 Å². The molecule has 0 saturated heterocycles. The zero-order valence-corrected chi connectivity index (χ0v) is 14.8. The highest BCUT2D eigenvalue weighted by Gasteiger charge is 2.29. The maximum Gasteiger partial charge on any atom is 0.424 e. The van der Waals surface area contributed by atoms with Gasteiger partial charge in [0.1, 0.15) is 5.75 Å². The van der Waals surface area contributed by atoms with Crippen LogP contribution in [0.2, 0.25) is 0 Å². The van der Waals surface area contributed by atoms with E-state index < -0.39 is 6.09 Å². The van der Waals surface area contributed by atoms with E-state index in [1.54, 1.807) is 16.7 Å². The maximum absolute atomic E-state index is 13.0. The van der Waals surface area contributed by atoms with Crippen LogP contribution in [0.1, 0.15) is 11.1 Å². The van der Waals surface area contributed by atoms with Gasteiger partial charge < -0.3 is 4.74 Å². The highest BCUT2D eigenvalue weighted by atomic mass is 32.2. The number of para-hydroxylation sites is 2. The van der Waals surface area contributed by atoms with E-state index in [9.17, 15) is 4.79 Å². The van der Waals surface area contributed by atoms with Crippen LogP contribution in [0.25, 0.3) is 0 Å².